The molecule has 1 fully saturated rings. The predicted octanol–water partition coefficient (Wildman–Crippen LogP) is 2.86. The fraction of sp³-hybridized carbons (Fsp3) is 0.562. The average molecular weight is 262 g/mol. The molecule has 104 valence electrons. The number of hydrogen-bond donors (Lipinski definition) is 1. The molecule has 0 radical (unpaired) electrons. The van der Waals surface area contributed by atoms with Crippen LogP contribution in [-0.4, -0.2) is 23.3 Å². The van der Waals surface area contributed by atoms with Crippen LogP contribution in [0.2, 0.25) is 0 Å². The van der Waals surface area contributed by atoms with Gasteiger partial charge in [-0.2, -0.15) is 0 Å². The van der Waals surface area contributed by atoms with Crippen LogP contribution in [0.3, 0.4) is 0 Å². The number of aryl methyl sites for hydroxylation is 1. The molecule has 2 rings (SSSR count). The fourth-order valence-corrected chi connectivity index (χ4v) is 2.55. The van der Waals surface area contributed by atoms with Crippen LogP contribution < -0.4 is 0 Å². The zero-order valence-electron chi connectivity index (χ0n) is 11.3. The Morgan fingerprint density at radius 1 is 1.26 bits per heavy atom. The molecule has 0 aliphatic heterocycles. The van der Waals surface area contributed by atoms with Crippen molar-refractivity contribution in [2.24, 2.45) is 0 Å². The highest BCUT2D eigenvalue weighted by atomic mass is 16.5. The Labute approximate surface area is 114 Å². The third-order valence-electron chi connectivity index (χ3n) is 3.59. The number of carbonyl (C=O) groups excluding carboxylic acids is 1. The van der Waals surface area contributed by atoms with E-state index in [4.69, 9.17) is 4.74 Å². The van der Waals surface area contributed by atoms with Crippen LogP contribution in [0.4, 0.5) is 0 Å². The standard InChI is InChI=1S/C16H22O3/c17-14-9-5-10-15(12-14)19-16(18)11-4-8-13-6-2-1-3-7-13/h1-3,6-7,14-15,17H,4-5,8-12H2. The van der Waals surface area contributed by atoms with Crippen molar-refractivity contribution in [2.75, 3.05) is 0 Å². The van der Waals surface area contributed by atoms with Crippen molar-refractivity contribution in [1.82, 2.24) is 0 Å². The second kappa shape index (κ2) is 7.29. The van der Waals surface area contributed by atoms with Crippen molar-refractivity contribution >= 4 is 5.97 Å². The number of carbonyl (C=O) groups is 1. The van der Waals surface area contributed by atoms with Crippen molar-refractivity contribution < 1.29 is 14.6 Å². The van der Waals surface area contributed by atoms with Gasteiger partial charge in [0.25, 0.3) is 0 Å². The minimum atomic E-state index is -0.295. The largest absolute Gasteiger partial charge is 0.462 e. The lowest BCUT2D eigenvalue weighted by Gasteiger charge is -2.25. The maximum absolute atomic E-state index is 11.7. The summed E-state index contributed by atoms with van der Waals surface area (Å²) in [5.41, 5.74) is 1.25. The third-order valence-corrected chi connectivity index (χ3v) is 3.59. The van der Waals surface area contributed by atoms with Crippen LogP contribution in [0, 0.1) is 0 Å². The van der Waals surface area contributed by atoms with Gasteiger partial charge in [0, 0.05) is 12.8 Å². The van der Waals surface area contributed by atoms with E-state index >= 15 is 0 Å². The molecule has 0 amide bonds. The summed E-state index contributed by atoms with van der Waals surface area (Å²) in [7, 11) is 0. The van der Waals surface area contributed by atoms with E-state index in [9.17, 15) is 9.90 Å². The Bertz CT molecular complexity index is 388. The molecule has 1 aliphatic carbocycles. The van der Waals surface area contributed by atoms with Gasteiger partial charge in [-0.05, 0) is 37.7 Å². The summed E-state index contributed by atoms with van der Waals surface area (Å²) < 4.78 is 5.40. The molecular weight excluding hydrogens is 240 g/mol. The van der Waals surface area contributed by atoms with Crippen LogP contribution in [0.1, 0.15) is 44.1 Å². The second-order valence-electron chi connectivity index (χ2n) is 5.27. The molecule has 2 unspecified atom stereocenters. The molecule has 1 N–H and O–H groups in total. The van der Waals surface area contributed by atoms with Gasteiger partial charge in [0.1, 0.15) is 6.10 Å². The summed E-state index contributed by atoms with van der Waals surface area (Å²) in [5.74, 6) is -0.130. The summed E-state index contributed by atoms with van der Waals surface area (Å²) >= 11 is 0. The van der Waals surface area contributed by atoms with E-state index in [-0.39, 0.29) is 18.2 Å². The second-order valence-corrected chi connectivity index (χ2v) is 5.27. The van der Waals surface area contributed by atoms with E-state index in [1.54, 1.807) is 0 Å². The normalized spacial score (nSPS) is 23.0. The van der Waals surface area contributed by atoms with Crippen molar-refractivity contribution in [3.63, 3.8) is 0 Å². The molecule has 0 heterocycles. The minimum Gasteiger partial charge on any atom is -0.462 e. The Kier molecular flexibility index (Phi) is 5.40. The first kappa shape index (κ1) is 14.1. The maximum atomic E-state index is 11.7. The van der Waals surface area contributed by atoms with Gasteiger partial charge >= 0.3 is 5.97 Å². The third kappa shape index (κ3) is 5.03. The SMILES string of the molecule is O=C(CCCc1ccccc1)OC1CCCC(O)C1. The van der Waals surface area contributed by atoms with Crippen LogP contribution in [-0.2, 0) is 16.0 Å². The zero-order valence-corrected chi connectivity index (χ0v) is 11.3. The molecule has 1 aromatic rings. The maximum Gasteiger partial charge on any atom is 0.306 e. The van der Waals surface area contributed by atoms with Gasteiger partial charge in [0.2, 0.25) is 0 Å². The van der Waals surface area contributed by atoms with Gasteiger partial charge in [0.15, 0.2) is 0 Å². The van der Waals surface area contributed by atoms with Gasteiger partial charge in [0.05, 0.1) is 6.10 Å². The highest BCUT2D eigenvalue weighted by Crippen LogP contribution is 2.21. The molecule has 3 nitrogen and oxygen atoms in total. The molecule has 1 saturated carbocycles. The molecule has 2 atom stereocenters. The molecule has 0 spiro atoms. The number of esters is 1. The van der Waals surface area contributed by atoms with E-state index in [0.29, 0.717) is 12.8 Å². The highest BCUT2D eigenvalue weighted by Gasteiger charge is 2.22. The highest BCUT2D eigenvalue weighted by molar-refractivity contribution is 5.69. The number of aliphatic hydroxyl groups excluding tert-OH is 1. The van der Waals surface area contributed by atoms with E-state index in [2.05, 4.69) is 12.1 Å². The molecule has 0 saturated heterocycles. The van der Waals surface area contributed by atoms with Crippen LogP contribution in [0.5, 0.6) is 0 Å². The Morgan fingerprint density at radius 2 is 2.05 bits per heavy atom. The van der Waals surface area contributed by atoms with Crippen LogP contribution in [0.25, 0.3) is 0 Å². The predicted molar refractivity (Wildman–Crippen MR) is 73.7 cm³/mol. The first-order chi connectivity index (χ1) is 9.24. The van der Waals surface area contributed by atoms with E-state index < -0.39 is 0 Å². The quantitative estimate of drug-likeness (QED) is 0.830. The molecule has 3 heteroatoms. The van der Waals surface area contributed by atoms with Crippen LogP contribution in [0.15, 0.2) is 30.3 Å². The topological polar surface area (TPSA) is 46.5 Å². The number of aliphatic hydroxyl groups is 1. The molecule has 1 aliphatic rings. The molecule has 19 heavy (non-hydrogen) atoms. The number of hydrogen-bond acceptors (Lipinski definition) is 3. The fourth-order valence-electron chi connectivity index (χ4n) is 2.55. The number of ether oxygens (including phenoxy) is 1. The van der Waals surface area contributed by atoms with Gasteiger partial charge in [-0.3, -0.25) is 4.79 Å². The number of benzene rings is 1. The monoisotopic (exact) mass is 262 g/mol. The molecule has 0 aromatic heterocycles. The van der Waals surface area contributed by atoms with Gasteiger partial charge in [-0.1, -0.05) is 30.3 Å². The van der Waals surface area contributed by atoms with E-state index in [1.807, 2.05) is 18.2 Å². The summed E-state index contributed by atoms with van der Waals surface area (Å²) in [6.45, 7) is 0. The van der Waals surface area contributed by atoms with E-state index in [0.717, 1.165) is 32.1 Å². The van der Waals surface area contributed by atoms with Crippen molar-refractivity contribution in [3.05, 3.63) is 35.9 Å². The lowest BCUT2D eigenvalue weighted by atomic mass is 9.95. The lowest BCUT2D eigenvalue weighted by molar-refractivity contribution is -0.152. The summed E-state index contributed by atoms with van der Waals surface area (Å²) in [4.78, 5) is 11.7. The van der Waals surface area contributed by atoms with Crippen molar-refractivity contribution in [2.45, 2.75) is 57.2 Å². The van der Waals surface area contributed by atoms with Crippen LogP contribution >= 0.6 is 0 Å². The zero-order chi connectivity index (χ0) is 13.5. The Morgan fingerprint density at radius 3 is 2.79 bits per heavy atom. The number of rotatable bonds is 5. The molecule has 1 aromatic carbocycles. The molecular formula is C16H22O3. The molecule has 0 bridgehead atoms. The first-order valence-corrected chi connectivity index (χ1v) is 7.15. The lowest BCUT2D eigenvalue weighted by Crippen LogP contribution is -2.28. The van der Waals surface area contributed by atoms with Crippen molar-refractivity contribution in [3.8, 4) is 0 Å². The smallest absolute Gasteiger partial charge is 0.306 e. The summed E-state index contributed by atoms with van der Waals surface area (Å²) in [6, 6.07) is 10.2. The Balaban J connectivity index is 1.64. The average Bonchev–Trinajstić information content (AvgIpc) is 2.40. The Hall–Kier alpha value is -1.35. The van der Waals surface area contributed by atoms with Gasteiger partial charge in [-0.25, -0.2) is 0 Å². The van der Waals surface area contributed by atoms with Gasteiger partial charge in [-0.15, -0.1) is 0 Å². The van der Waals surface area contributed by atoms with E-state index in [1.165, 1.54) is 5.56 Å². The first-order valence-electron chi connectivity index (χ1n) is 7.15. The minimum absolute atomic E-state index is 0.0759. The van der Waals surface area contributed by atoms with Gasteiger partial charge < -0.3 is 9.84 Å². The summed E-state index contributed by atoms with van der Waals surface area (Å²) in [6.07, 6.45) is 5.09. The summed E-state index contributed by atoms with van der Waals surface area (Å²) in [5, 5.41) is 9.53. The van der Waals surface area contributed by atoms with Crippen molar-refractivity contribution in [1.29, 1.82) is 0 Å².